The number of imidazole rings is 1. The summed E-state index contributed by atoms with van der Waals surface area (Å²) in [6.45, 7) is 4.92. The number of nitrogens with one attached hydrogen (secondary N) is 1. The van der Waals surface area contributed by atoms with Crippen LogP contribution in [0.2, 0.25) is 0 Å². The molecule has 0 saturated heterocycles. The van der Waals surface area contributed by atoms with E-state index in [1.807, 2.05) is 23.7 Å². The van der Waals surface area contributed by atoms with Crippen LogP contribution in [0.4, 0.5) is 11.4 Å². The zero-order valence-corrected chi connectivity index (χ0v) is 22.8. The highest BCUT2D eigenvalue weighted by molar-refractivity contribution is 6.02. The molecule has 2 saturated carbocycles. The Morgan fingerprint density at radius 3 is 2.21 bits per heavy atom. The first kappa shape index (κ1) is 24.7. The first-order chi connectivity index (χ1) is 18.3. The molecule has 5 heteroatoms. The van der Waals surface area contributed by atoms with Crippen LogP contribution < -0.4 is 5.32 Å². The van der Waals surface area contributed by atoms with Crippen LogP contribution in [0.5, 0.6) is 0 Å². The SMILES string of the molecule is COC(=O)c1cccc2c1nc(-c1ccc(Nc3ccc(C4(C)CC5CC(C)CC(C5)C4)cc3)cc1)n2C. The highest BCUT2D eigenvalue weighted by Gasteiger charge is 2.41. The first-order valence-corrected chi connectivity index (χ1v) is 13.8. The summed E-state index contributed by atoms with van der Waals surface area (Å²) in [5.74, 6) is 3.12. The van der Waals surface area contributed by atoms with Crippen LogP contribution in [0.15, 0.2) is 66.7 Å². The van der Waals surface area contributed by atoms with Gasteiger partial charge in [0.05, 0.1) is 18.2 Å². The minimum absolute atomic E-state index is 0.299. The lowest BCUT2D eigenvalue weighted by atomic mass is 9.57. The monoisotopic (exact) mass is 507 g/mol. The predicted molar refractivity (Wildman–Crippen MR) is 154 cm³/mol. The second kappa shape index (κ2) is 9.61. The Bertz CT molecular complexity index is 1450. The summed E-state index contributed by atoms with van der Waals surface area (Å²) in [7, 11) is 3.37. The summed E-state index contributed by atoms with van der Waals surface area (Å²) in [6.07, 6.45) is 6.90. The third-order valence-corrected chi connectivity index (χ3v) is 8.95. The molecule has 1 N–H and O–H groups in total. The van der Waals surface area contributed by atoms with Gasteiger partial charge in [-0.1, -0.05) is 32.0 Å². The Morgan fingerprint density at radius 2 is 1.58 bits per heavy atom. The molecular formula is C33H37N3O2. The molecule has 3 aromatic carbocycles. The number of aromatic nitrogens is 2. The Morgan fingerprint density at radius 1 is 0.947 bits per heavy atom. The van der Waals surface area contributed by atoms with E-state index in [-0.39, 0.29) is 5.97 Å². The lowest BCUT2D eigenvalue weighted by Gasteiger charge is -2.47. The van der Waals surface area contributed by atoms with Crippen LogP contribution >= 0.6 is 0 Å². The molecule has 1 heterocycles. The number of benzene rings is 3. The third-order valence-electron chi connectivity index (χ3n) is 8.95. The minimum Gasteiger partial charge on any atom is -0.465 e. The number of carbonyl (C=O) groups excluding carboxylic acids is 1. The summed E-state index contributed by atoms with van der Waals surface area (Å²) >= 11 is 0. The molecule has 2 bridgehead atoms. The fourth-order valence-electron chi connectivity index (χ4n) is 7.40. The number of anilines is 2. The van der Waals surface area contributed by atoms with Crippen molar-refractivity contribution in [2.45, 2.75) is 51.4 Å². The molecule has 2 unspecified atom stereocenters. The van der Waals surface area contributed by atoms with Gasteiger partial charge in [-0.2, -0.15) is 0 Å². The predicted octanol–water partition coefficient (Wildman–Crippen LogP) is 7.87. The van der Waals surface area contributed by atoms with Gasteiger partial charge in [0.1, 0.15) is 11.3 Å². The summed E-state index contributed by atoms with van der Waals surface area (Å²) in [5, 5.41) is 3.56. The van der Waals surface area contributed by atoms with Gasteiger partial charge in [-0.3, -0.25) is 0 Å². The maximum atomic E-state index is 12.2. The third kappa shape index (κ3) is 4.48. The van der Waals surface area contributed by atoms with Crippen LogP contribution in [0.1, 0.15) is 61.9 Å². The lowest BCUT2D eigenvalue weighted by Crippen LogP contribution is -2.38. The summed E-state index contributed by atoms with van der Waals surface area (Å²) in [4.78, 5) is 17.0. The van der Waals surface area contributed by atoms with Crippen LogP contribution in [-0.4, -0.2) is 22.6 Å². The Labute approximate surface area is 225 Å². The largest absolute Gasteiger partial charge is 0.465 e. The minimum atomic E-state index is -0.374. The van der Waals surface area contributed by atoms with Crippen LogP contribution in [-0.2, 0) is 17.2 Å². The van der Waals surface area contributed by atoms with E-state index in [0.717, 1.165) is 46.0 Å². The molecule has 2 aliphatic rings. The second-order valence-corrected chi connectivity index (χ2v) is 12.0. The zero-order valence-electron chi connectivity index (χ0n) is 22.8. The molecule has 0 radical (unpaired) electrons. The number of aryl methyl sites for hydroxylation is 1. The summed E-state index contributed by atoms with van der Waals surface area (Å²) in [6, 6.07) is 23.0. The van der Waals surface area contributed by atoms with E-state index in [1.54, 1.807) is 6.07 Å². The number of hydrogen-bond donors (Lipinski definition) is 1. The van der Waals surface area contributed by atoms with Crippen molar-refractivity contribution in [3.8, 4) is 11.4 Å². The molecule has 5 nitrogen and oxygen atoms in total. The number of nitrogens with zero attached hydrogens (tertiary/aromatic N) is 2. The van der Waals surface area contributed by atoms with Crippen molar-refractivity contribution in [1.29, 1.82) is 0 Å². The number of carbonyl (C=O) groups is 1. The number of esters is 1. The highest BCUT2D eigenvalue weighted by Crippen LogP contribution is 2.51. The van der Waals surface area contributed by atoms with Crippen LogP contribution in [0.25, 0.3) is 22.4 Å². The van der Waals surface area contributed by atoms with Crippen molar-refractivity contribution >= 4 is 28.4 Å². The normalized spacial score (nSPS) is 24.8. The van der Waals surface area contributed by atoms with Gasteiger partial charge >= 0.3 is 5.97 Å². The number of methoxy groups -OCH3 is 1. The molecule has 1 aromatic heterocycles. The van der Waals surface area contributed by atoms with E-state index in [0.29, 0.717) is 16.5 Å². The van der Waals surface area contributed by atoms with E-state index in [1.165, 1.54) is 44.8 Å². The van der Waals surface area contributed by atoms with Crippen molar-refractivity contribution in [3.63, 3.8) is 0 Å². The maximum Gasteiger partial charge on any atom is 0.340 e. The van der Waals surface area contributed by atoms with Gasteiger partial charge in [0, 0.05) is 24.0 Å². The van der Waals surface area contributed by atoms with Gasteiger partial charge in [0.15, 0.2) is 0 Å². The molecule has 2 atom stereocenters. The smallest absolute Gasteiger partial charge is 0.340 e. The number of para-hydroxylation sites is 1. The van der Waals surface area contributed by atoms with Gasteiger partial charge in [0.25, 0.3) is 0 Å². The second-order valence-electron chi connectivity index (χ2n) is 12.0. The molecule has 4 aromatic rings. The molecule has 38 heavy (non-hydrogen) atoms. The van der Waals surface area contributed by atoms with E-state index < -0.39 is 0 Å². The molecule has 0 amide bonds. The highest BCUT2D eigenvalue weighted by atomic mass is 16.5. The molecule has 2 aliphatic carbocycles. The van der Waals surface area contributed by atoms with Gasteiger partial charge in [-0.15, -0.1) is 0 Å². The van der Waals surface area contributed by atoms with Crippen molar-refractivity contribution in [1.82, 2.24) is 9.55 Å². The van der Waals surface area contributed by atoms with E-state index in [4.69, 9.17) is 9.72 Å². The summed E-state index contributed by atoms with van der Waals surface area (Å²) < 4.78 is 6.96. The Kier molecular flexibility index (Phi) is 6.25. The quantitative estimate of drug-likeness (QED) is 0.279. The van der Waals surface area contributed by atoms with Gasteiger partial charge < -0.3 is 14.6 Å². The molecule has 2 fully saturated rings. The number of rotatable bonds is 5. The fourth-order valence-corrected chi connectivity index (χ4v) is 7.40. The molecule has 196 valence electrons. The van der Waals surface area contributed by atoms with Crippen molar-refractivity contribution in [3.05, 3.63) is 77.9 Å². The van der Waals surface area contributed by atoms with Crippen molar-refractivity contribution in [2.75, 3.05) is 12.4 Å². The first-order valence-electron chi connectivity index (χ1n) is 13.8. The van der Waals surface area contributed by atoms with Gasteiger partial charge in [-0.05, 0) is 109 Å². The van der Waals surface area contributed by atoms with Crippen molar-refractivity contribution < 1.29 is 9.53 Å². The Hall–Kier alpha value is -3.60. The topological polar surface area (TPSA) is 56.1 Å². The van der Waals surface area contributed by atoms with E-state index >= 15 is 0 Å². The van der Waals surface area contributed by atoms with Crippen LogP contribution in [0.3, 0.4) is 0 Å². The van der Waals surface area contributed by atoms with Crippen LogP contribution in [0, 0.1) is 17.8 Å². The number of fused-ring (bicyclic) bond motifs is 3. The summed E-state index contributed by atoms with van der Waals surface area (Å²) in [5.41, 5.74) is 6.93. The number of ether oxygens (including phenoxy) is 1. The Balaban J connectivity index is 1.18. The molecular weight excluding hydrogens is 470 g/mol. The molecule has 0 aliphatic heterocycles. The van der Waals surface area contributed by atoms with Gasteiger partial charge in [-0.25, -0.2) is 9.78 Å². The van der Waals surface area contributed by atoms with E-state index in [9.17, 15) is 4.79 Å². The average Bonchev–Trinajstić information content (AvgIpc) is 3.24. The fraction of sp³-hybridized carbons (Fsp3) is 0.394. The zero-order chi connectivity index (χ0) is 26.4. The number of hydrogen-bond acceptors (Lipinski definition) is 4. The lowest BCUT2D eigenvalue weighted by molar-refractivity contribution is 0.0602. The van der Waals surface area contributed by atoms with Gasteiger partial charge in [0.2, 0.25) is 0 Å². The molecule has 0 spiro atoms. The average molecular weight is 508 g/mol. The standard InChI is InChI=1S/C33H37N3O2/c1-21-16-22-18-23(17-21)20-33(2,19-22)25-10-14-27(15-11-25)34-26-12-8-24(9-13-26)31-35-30-28(32(37)38-4)6-5-7-29(30)36(31)3/h5-15,21-23,34H,16-20H2,1-4H3. The maximum absolute atomic E-state index is 12.2. The van der Waals surface area contributed by atoms with E-state index in [2.05, 4.69) is 67.7 Å². The molecule has 6 rings (SSSR count). The van der Waals surface area contributed by atoms with Crippen molar-refractivity contribution in [2.24, 2.45) is 24.8 Å².